The highest BCUT2D eigenvalue weighted by atomic mass is 127. The van der Waals surface area contributed by atoms with Crippen LogP contribution in [0, 0.1) is 0 Å². The summed E-state index contributed by atoms with van der Waals surface area (Å²) in [5.41, 5.74) is 0. The molecule has 0 aromatic carbocycles. The van der Waals surface area contributed by atoms with Crippen molar-refractivity contribution in [3.05, 3.63) is 0 Å². The molecule has 0 spiro atoms. The Bertz CT molecular complexity index is 48.1. The first-order valence-corrected chi connectivity index (χ1v) is 9.61. The van der Waals surface area contributed by atoms with Crippen LogP contribution in [0.1, 0.15) is 26.7 Å². The number of halogens is 3. The Morgan fingerprint density at radius 1 is 1.00 bits per heavy atom. The Kier molecular flexibility index (Phi) is 46.2. The fourth-order valence-electron chi connectivity index (χ4n) is 0.333. The molecular formula is C9H21I3O. The molecule has 0 radical (unpaired) electrons. The fraction of sp³-hybridized carbons (Fsp3) is 1.00. The minimum Gasteiger partial charge on any atom is -0.381 e. The van der Waals surface area contributed by atoms with Crippen LogP contribution in [-0.4, -0.2) is 27.0 Å². The Labute approximate surface area is 125 Å². The molecule has 84 valence electrons. The van der Waals surface area contributed by atoms with Crippen molar-refractivity contribution >= 4 is 67.8 Å². The highest BCUT2D eigenvalue weighted by Gasteiger charge is 1.74. The molecule has 0 aliphatic heterocycles. The van der Waals surface area contributed by atoms with Gasteiger partial charge < -0.3 is 4.74 Å². The summed E-state index contributed by atoms with van der Waals surface area (Å²) in [4.78, 5) is 1.97. The Hall–Kier alpha value is 2.15. The quantitative estimate of drug-likeness (QED) is 0.286. The molecule has 0 rings (SSSR count). The third-order valence-electron chi connectivity index (χ3n) is 0.913. The maximum atomic E-state index is 4.98. The summed E-state index contributed by atoms with van der Waals surface area (Å²) in [5, 5.41) is 0. The first-order chi connectivity index (χ1) is 6.33. The average molecular weight is 526 g/mol. The van der Waals surface area contributed by atoms with Gasteiger partial charge in [-0.15, -0.1) is 0 Å². The van der Waals surface area contributed by atoms with E-state index < -0.39 is 0 Å². The Morgan fingerprint density at radius 3 is 1.62 bits per heavy atom. The van der Waals surface area contributed by atoms with E-state index in [9.17, 15) is 0 Å². The van der Waals surface area contributed by atoms with E-state index in [0.717, 1.165) is 17.6 Å². The lowest BCUT2D eigenvalue weighted by atomic mass is 10.4. The van der Waals surface area contributed by atoms with Crippen LogP contribution in [0.15, 0.2) is 0 Å². The van der Waals surface area contributed by atoms with E-state index in [1.807, 2.05) is 11.9 Å². The monoisotopic (exact) mass is 526 g/mol. The second-order valence-electron chi connectivity index (χ2n) is 1.93. The third kappa shape index (κ3) is 40.9. The molecule has 0 aromatic heterocycles. The van der Waals surface area contributed by atoms with Crippen molar-refractivity contribution in [3.63, 3.8) is 0 Å². The summed E-state index contributed by atoms with van der Waals surface area (Å²) in [6, 6.07) is 0. The second-order valence-corrected chi connectivity index (χ2v) is 4.09. The normalized spacial score (nSPS) is 7.85. The molecule has 0 aliphatic carbocycles. The van der Waals surface area contributed by atoms with Gasteiger partial charge in [0.2, 0.25) is 0 Å². The summed E-state index contributed by atoms with van der Waals surface area (Å²) in [7, 11) is 0. The summed E-state index contributed by atoms with van der Waals surface area (Å²) < 4.78 is 7.39. The lowest BCUT2D eigenvalue weighted by Crippen LogP contribution is -1.91. The zero-order valence-corrected chi connectivity index (χ0v) is 15.3. The van der Waals surface area contributed by atoms with Gasteiger partial charge in [-0.25, -0.2) is 0 Å². The number of unbranched alkanes of at least 4 members (excludes halogenated alkanes) is 1. The van der Waals surface area contributed by atoms with Gasteiger partial charge in [0.25, 0.3) is 0 Å². The zero-order chi connectivity index (χ0) is 10.9. The largest absolute Gasteiger partial charge is 0.381 e. The molecule has 0 aliphatic rings. The van der Waals surface area contributed by atoms with Crippen molar-refractivity contribution in [3.8, 4) is 0 Å². The van der Waals surface area contributed by atoms with E-state index in [4.69, 9.17) is 4.74 Å². The van der Waals surface area contributed by atoms with Gasteiger partial charge in [0.1, 0.15) is 0 Å². The molecule has 0 fully saturated rings. The van der Waals surface area contributed by atoms with Crippen molar-refractivity contribution in [1.29, 1.82) is 0 Å². The van der Waals surface area contributed by atoms with Crippen LogP contribution >= 0.6 is 67.8 Å². The molecule has 0 heterocycles. The molecule has 0 amide bonds. The van der Waals surface area contributed by atoms with Crippen molar-refractivity contribution in [1.82, 2.24) is 0 Å². The summed E-state index contributed by atoms with van der Waals surface area (Å²) in [5.74, 6) is 0. The van der Waals surface area contributed by atoms with Crippen LogP contribution in [0.25, 0.3) is 0 Å². The Balaban J connectivity index is -0.000000131. The van der Waals surface area contributed by atoms with E-state index in [-0.39, 0.29) is 0 Å². The molecule has 0 saturated carbocycles. The molecule has 0 saturated heterocycles. The minimum atomic E-state index is 0.850. The molecule has 13 heavy (non-hydrogen) atoms. The van der Waals surface area contributed by atoms with Crippen LogP contribution in [0.2, 0.25) is 0 Å². The first kappa shape index (κ1) is 20.5. The van der Waals surface area contributed by atoms with Gasteiger partial charge >= 0.3 is 0 Å². The van der Waals surface area contributed by atoms with E-state index in [2.05, 4.69) is 74.7 Å². The molecule has 4 heteroatoms. The van der Waals surface area contributed by atoms with Crippen molar-refractivity contribution in [2.75, 3.05) is 27.0 Å². The van der Waals surface area contributed by atoms with Gasteiger partial charge in [0.15, 0.2) is 0 Å². The molecule has 0 N–H and O–H groups in total. The average Bonchev–Trinajstić information content (AvgIpc) is 2.20. The highest BCUT2D eigenvalue weighted by Crippen LogP contribution is 1.90. The van der Waals surface area contributed by atoms with Crippen molar-refractivity contribution in [2.45, 2.75) is 26.7 Å². The Morgan fingerprint density at radius 2 is 1.54 bits per heavy atom. The molecule has 0 atom stereocenters. The third-order valence-corrected chi connectivity index (χ3v) is 2.12. The van der Waals surface area contributed by atoms with Crippen LogP contribution < -0.4 is 0 Å². The molecule has 0 unspecified atom stereocenters. The van der Waals surface area contributed by atoms with Crippen LogP contribution in [-0.2, 0) is 4.74 Å². The van der Waals surface area contributed by atoms with E-state index in [1.165, 1.54) is 17.3 Å². The molecule has 1 nitrogen and oxygen atoms in total. The minimum absolute atomic E-state index is 0.850. The summed E-state index contributed by atoms with van der Waals surface area (Å²) in [6.07, 6.45) is 2.71. The number of hydrogen-bond acceptors (Lipinski definition) is 1. The van der Waals surface area contributed by atoms with Gasteiger partial charge in [-0.2, -0.15) is 0 Å². The van der Waals surface area contributed by atoms with Gasteiger partial charge in [-0.1, -0.05) is 81.1 Å². The second kappa shape index (κ2) is 29.2. The van der Waals surface area contributed by atoms with Crippen LogP contribution in [0.4, 0.5) is 0 Å². The smallest absolute Gasteiger partial charge is 0.0555 e. The van der Waals surface area contributed by atoms with Crippen LogP contribution in [0.3, 0.4) is 0 Å². The lowest BCUT2D eigenvalue weighted by Gasteiger charge is -1.90. The molecular weight excluding hydrogens is 505 g/mol. The van der Waals surface area contributed by atoms with E-state index in [0.29, 0.717) is 0 Å². The number of ether oxygens (including phenoxy) is 1. The maximum absolute atomic E-state index is 4.98. The predicted molar refractivity (Wildman–Crippen MR) is 89.1 cm³/mol. The maximum Gasteiger partial charge on any atom is 0.0555 e. The van der Waals surface area contributed by atoms with Crippen molar-refractivity contribution in [2.24, 2.45) is 0 Å². The van der Waals surface area contributed by atoms with Gasteiger partial charge in [-0.05, 0) is 22.7 Å². The lowest BCUT2D eigenvalue weighted by molar-refractivity contribution is 0.166. The van der Waals surface area contributed by atoms with Gasteiger partial charge in [0.05, 0.1) is 6.61 Å². The van der Waals surface area contributed by atoms with E-state index >= 15 is 0 Å². The topological polar surface area (TPSA) is 9.23 Å². The van der Waals surface area contributed by atoms with Crippen molar-refractivity contribution < 1.29 is 4.74 Å². The predicted octanol–water partition coefficient (Wildman–Crippen LogP) is 4.73. The fourth-order valence-corrected chi connectivity index (χ4v) is 1.41. The number of hydrogen-bond donors (Lipinski definition) is 0. The molecule has 0 bridgehead atoms. The standard InChI is InChI=1S/C4H9IO.C4H9I.CH3I/c1-2-6-4-3-5;1-2-3-4-5;1-2/h2-4H2,1H3;2-4H2,1H3;1H3. The van der Waals surface area contributed by atoms with Crippen LogP contribution in [0.5, 0.6) is 0 Å². The summed E-state index contributed by atoms with van der Waals surface area (Å²) in [6.45, 7) is 5.96. The number of rotatable bonds is 5. The zero-order valence-electron chi connectivity index (χ0n) is 8.78. The molecule has 0 aromatic rings. The van der Waals surface area contributed by atoms with E-state index in [1.54, 1.807) is 0 Å². The van der Waals surface area contributed by atoms with Gasteiger partial charge in [0, 0.05) is 11.0 Å². The summed E-state index contributed by atoms with van der Waals surface area (Å²) >= 11 is 6.82. The first-order valence-electron chi connectivity index (χ1n) is 4.40. The SMILES string of the molecule is CCCCI.CCOCCI.CI. The highest BCUT2D eigenvalue weighted by molar-refractivity contribution is 14.1. The van der Waals surface area contributed by atoms with Gasteiger partial charge in [-0.3, -0.25) is 0 Å². The number of alkyl halides is 3.